The van der Waals surface area contributed by atoms with E-state index in [1.165, 1.54) is 10.8 Å². The van der Waals surface area contributed by atoms with E-state index in [-0.39, 0.29) is 16.7 Å². The highest BCUT2D eigenvalue weighted by Crippen LogP contribution is 2.73. The number of carbonyl (C=O) groups excluding carboxylic acids is 1. The van der Waals surface area contributed by atoms with Crippen LogP contribution >= 0.6 is 0 Å². The maximum absolute atomic E-state index is 13.9. The van der Waals surface area contributed by atoms with Gasteiger partial charge in [-0.25, -0.2) is 0 Å². The molecule has 0 aliphatic heterocycles. The molecule has 0 saturated heterocycles. The summed E-state index contributed by atoms with van der Waals surface area (Å²) in [7, 11) is -1.37. The Morgan fingerprint density at radius 1 is 0.900 bits per heavy atom. The van der Waals surface area contributed by atoms with Crippen LogP contribution in [0.5, 0.6) is 0 Å². The second kappa shape index (κ2) is 6.74. The van der Waals surface area contributed by atoms with Crippen molar-refractivity contribution in [3.05, 3.63) is 95.8 Å². The fourth-order valence-corrected chi connectivity index (χ4v) is 7.11. The van der Waals surface area contributed by atoms with E-state index in [1.807, 2.05) is 18.3 Å². The van der Waals surface area contributed by atoms with Crippen LogP contribution in [0.1, 0.15) is 46.8 Å². The predicted molar refractivity (Wildman–Crippen MR) is 125 cm³/mol. The van der Waals surface area contributed by atoms with Crippen molar-refractivity contribution in [2.24, 2.45) is 5.41 Å². The molecule has 2 bridgehead atoms. The molecule has 3 aliphatic rings. The standard InChI is InChI=1S/C27H29NOSi/c1-30(2,3)22-14-12-20(13-15-22)25(29)27-18-26(19-27,21-9-5-4-6-10-21)17-23(27)24-11-7-8-16-28-24/h4-16,23H,17-19H2,1-3H3/t23-,26?,27?/m0/s1. The van der Waals surface area contributed by atoms with Gasteiger partial charge in [-0.2, -0.15) is 0 Å². The number of Topliss-reactive ketones (excluding diaryl/α,β-unsaturated/α-hetero) is 1. The van der Waals surface area contributed by atoms with Crippen molar-refractivity contribution in [1.82, 2.24) is 4.98 Å². The quantitative estimate of drug-likeness (QED) is 0.397. The molecular formula is C27H29NOSi. The first-order valence-corrected chi connectivity index (χ1v) is 14.5. The van der Waals surface area contributed by atoms with Crippen molar-refractivity contribution in [2.75, 3.05) is 0 Å². The molecule has 0 unspecified atom stereocenters. The molecule has 0 radical (unpaired) electrons. The number of aromatic nitrogens is 1. The smallest absolute Gasteiger partial charge is 0.169 e. The van der Waals surface area contributed by atoms with Crippen LogP contribution in [0.2, 0.25) is 19.6 Å². The van der Waals surface area contributed by atoms with Crippen LogP contribution in [-0.2, 0) is 5.41 Å². The third-order valence-electron chi connectivity index (χ3n) is 7.47. The van der Waals surface area contributed by atoms with E-state index in [1.54, 1.807) is 0 Å². The highest BCUT2D eigenvalue weighted by molar-refractivity contribution is 6.88. The van der Waals surface area contributed by atoms with Crippen molar-refractivity contribution in [3.8, 4) is 0 Å². The Balaban J connectivity index is 1.53. The molecule has 1 heterocycles. The minimum Gasteiger partial charge on any atom is -0.294 e. The highest BCUT2D eigenvalue weighted by Gasteiger charge is 2.70. The predicted octanol–water partition coefficient (Wildman–Crippen LogP) is 5.72. The van der Waals surface area contributed by atoms with Crippen LogP contribution in [0, 0.1) is 5.41 Å². The Morgan fingerprint density at radius 2 is 1.57 bits per heavy atom. The lowest BCUT2D eigenvalue weighted by Crippen LogP contribution is -2.47. The van der Waals surface area contributed by atoms with Gasteiger partial charge in [-0.1, -0.05) is 85.5 Å². The molecule has 3 heteroatoms. The summed E-state index contributed by atoms with van der Waals surface area (Å²) in [6, 6.07) is 25.4. The van der Waals surface area contributed by atoms with Crippen molar-refractivity contribution in [2.45, 2.75) is 50.2 Å². The van der Waals surface area contributed by atoms with Gasteiger partial charge in [0.15, 0.2) is 5.78 Å². The molecule has 0 spiro atoms. The van der Waals surface area contributed by atoms with Gasteiger partial charge in [0.2, 0.25) is 0 Å². The normalized spacial score (nSPS) is 27.5. The number of ketones is 1. The molecule has 6 rings (SSSR count). The SMILES string of the molecule is C[Si](C)(C)c1ccc(C(=O)C23CC(c4ccccc4)(C[C@H]2c2ccccn2)C3)cc1. The van der Waals surface area contributed by atoms with Crippen molar-refractivity contribution in [3.63, 3.8) is 0 Å². The number of benzene rings is 2. The van der Waals surface area contributed by atoms with Crippen molar-refractivity contribution < 1.29 is 4.79 Å². The van der Waals surface area contributed by atoms with Crippen molar-refractivity contribution in [1.29, 1.82) is 0 Å². The van der Waals surface area contributed by atoms with E-state index < -0.39 is 8.07 Å². The number of rotatable bonds is 5. The van der Waals surface area contributed by atoms with E-state index in [9.17, 15) is 4.79 Å². The first-order valence-electron chi connectivity index (χ1n) is 11.0. The first kappa shape index (κ1) is 19.4. The van der Waals surface area contributed by atoms with Gasteiger partial charge in [0.05, 0.1) is 8.07 Å². The average Bonchev–Trinajstić information content (AvgIpc) is 3.27. The Bertz CT molecular complexity index is 1060. The molecule has 1 atom stereocenters. The second-order valence-electron chi connectivity index (χ2n) is 10.3. The molecule has 0 amide bonds. The zero-order valence-electron chi connectivity index (χ0n) is 18.1. The summed E-state index contributed by atoms with van der Waals surface area (Å²) in [5, 5.41) is 1.40. The van der Waals surface area contributed by atoms with E-state index in [0.717, 1.165) is 30.5 Å². The lowest BCUT2D eigenvalue weighted by Gasteiger charge is -2.48. The molecular weight excluding hydrogens is 382 g/mol. The molecule has 3 aliphatic carbocycles. The molecule has 2 nitrogen and oxygen atoms in total. The lowest BCUT2D eigenvalue weighted by molar-refractivity contribution is 0.0537. The largest absolute Gasteiger partial charge is 0.294 e. The Kier molecular flexibility index (Phi) is 4.37. The van der Waals surface area contributed by atoms with Crippen LogP contribution < -0.4 is 5.19 Å². The molecule has 30 heavy (non-hydrogen) atoms. The summed E-state index contributed by atoms with van der Waals surface area (Å²) in [5.41, 5.74) is 3.09. The highest BCUT2D eigenvalue weighted by atomic mass is 28.3. The zero-order valence-corrected chi connectivity index (χ0v) is 19.1. The minimum absolute atomic E-state index is 0.109. The summed E-state index contributed by atoms with van der Waals surface area (Å²) >= 11 is 0. The molecule has 0 N–H and O–H groups in total. The lowest BCUT2D eigenvalue weighted by atomic mass is 9.54. The monoisotopic (exact) mass is 411 g/mol. The van der Waals surface area contributed by atoms with Crippen LogP contribution in [0.3, 0.4) is 0 Å². The summed E-state index contributed by atoms with van der Waals surface area (Å²) in [6.45, 7) is 7.03. The van der Waals surface area contributed by atoms with Gasteiger partial charge in [-0.3, -0.25) is 9.78 Å². The Morgan fingerprint density at radius 3 is 2.17 bits per heavy atom. The first-order chi connectivity index (χ1) is 14.3. The fourth-order valence-electron chi connectivity index (χ4n) is 5.94. The van der Waals surface area contributed by atoms with Gasteiger partial charge in [-0.05, 0) is 42.4 Å². The number of carbonyl (C=O) groups is 1. The topological polar surface area (TPSA) is 30.0 Å². The molecule has 1 aromatic heterocycles. The van der Waals surface area contributed by atoms with Gasteiger partial charge in [0.25, 0.3) is 0 Å². The Labute approximate surface area is 180 Å². The van der Waals surface area contributed by atoms with E-state index in [2.05, 4.69) is 85.3 Å². The van der Waals surface area contributed by atoms with E-state index in [0.29, 0.717) is 5.78 Å². The maximum atomic E-state index is 13.9. The summed E-state index contributed by atoms with van der Waals surface area (Å²) in [4.78, 5) is 18.6. The molecule has 2 aromatic carbocycles. The van der Waals surface area contributed by atoms with Gasteiger partial charge in [-0.15, -0.1) is 0 Å². The average molecular weight is 412 g/mol. The van der Waals surface area contributed by atoms with E-state index in [4.69, 9.17) is 0 Å². The van der Waals surface area contributed by atoms with Crippen LogP contribution in [0.15, 0.2) is 79.0 Å². The van der Waals surface area contributed by atoms with Crippen LogP contribution in [-0.4, -0.2) is 18.8 Å². The summed E-state index contributed by atoms with van der Waals surface area (Å²) < 4.78 is 0. The molecule has 152 valence electrons. The second-order valence-corrected chi connectivity index (χ2v) is 15.4. The molecule has 3 saturated carbocycles. The molecule has 3 aromatic rings. The van der Waals surface area contributed by atoms with E-state index >= 15 is 0 Å². The number of nitrogens with zero attached hydrogens (tertiary/aromatic N) is 1. The number of fused-ring (bicyclic) bond motifs is 1. The summed E-state index contributed by atoms with van der Waals surface area (Å²) in [5.74, 6) is 0.493. The third-order valence-corrected chi connectivity index (χ3v) is 9.53. The molecule has 3 fully saturated rings. The number of hydrogen-bond donors (Lipinski definition) is 0. The van der Waals surface area contributed by atoms with Crippen LogP contribution in [0.4, 0.5) is 0 Å². The van der Waals surface area contributed by atoms with Crippen molar-refractivity contribution >= 4 is 19.0 Å². The number of hydrogen-bond acceptors (Lipinski definition) is 2. The van der Waals surface area contributed by atoms with Gasteiger partial charge in [0.1, 0.15) is 0 Å². The summed E-state index contributed by atoms with van der Waals surface area (Å²) in [6.07, 6.45) is 4.73. The zero-order chi connectivity index (χ0) is 21.0. The third kappa shape index (κ3) is 2.91. The Hall–Kier alpha value is -2.52. The van der Waals surface area contributed by atoms with Gasteiger partial charge in [0, 0.05) is 28.8 Å². The number of pyridine rings is 1. The van der Waals surface area contributed by atoms with Gasteiger partial charge < -0.3 is 0 Å². The van der Waals surface area contributed by atoms with Gasteiger partial charge >= 0.3 is 0 Å². The maximum Gasteiger partial charge on any atom is 0.169 e. The fraction of sp³-hybridized carbons (Fsp3) is 0.333. The van der Waals surface area contributed by atoms with Crippen LogP contribution in [0.25, 0.3) is 0 Å². The minimum atomic E-state index is -1.37.